The Hall–Kier alpha value is -1.26. The molecular formula is C16H32N2O3. The number of rotatable bonds is 8. The number of nitrogens with one attached hydrogen (secondary N) is 2. The van der Waals surface area contributed by atoms with Gasteiger partial charge in [0.15, 0.2) is 0 Å². The van der Waals surface area contributed by atoms with Crippen molar-refractivity contribution in [3.8, 4) is 0 Å². The lowest BCUT2D eigenvalue weighted by Crippen LogP contribution is -2.43. The van der Waals surface area contributed by atoms with Gasteiger partial charge in [-0.15, -0.1) is 0 Å². The quantitative estimate of drug-likeness (QED) is 0.644. The number of hydrogen-bond donors (Lipinski definition) is 3. The van der Waals surface area contributed by atoms with Crippen LogP contribution < -0.4 is 10.6 Å². The Labute approximate surface area is 128 Å². The summed E-state index contributed by atoms with van der Waals surface area (Å²) in [5.74, 6) is -0.0919. The molecule has 3 N–H and O–H groups in total. The van der Waals surface area contributed by atoms with Crippen LogP contribution in [0.4, 0.5) is 4.79 Å². The SMILES string of the molecule is CC(C)C(C)NC(=O)NCCC(CCC(=O)O)C(C)(C)C. The smallest absolute Gasteiger partial charge is 0.315 e. The number of aliphatic carboxylic acids is 1. The first-order chi connectivity index (χ1) is 9.54. The normalized spacial score (nSPS) is 14.6. The van der Waals surface area contributed by atoms with Gasteiger partial charge in [0, 0.05) is 19.0 Å². The molecule has 0 saturated carbocycles. The molecule has 0 aromatic heterocycles. The molecule has 0 bridgehead atoms. The summed E-state index contributed by atoms with van der Waals surface area (Å²) < 4.78 is 0. The fourth-order valence-electron chi connectivity index (χ4n) is 2.09. The highest BCUT2D eigenvalue weighted by Crippen LogP contribution is 2.32. The first kappa shape index (κ1) is 19.7. The van der Waals surface area contributed by atoms with Crippen LogP contribution in [0, 0.1) is 17.3 Å². The van der Waals surface area contributed by atoms with E-state index in [1.807, 2.05) is 6.92 Å². The standard InChI is InChI=1S/C16H32N2O3/c1-11(2)12(3)18-15(21)17-10-9-13(16(4,5)6)7-8-14(19)20/h11-13H,7-10H2,1-6H3,(H,19,20)(H2,17,18,21). The van der Waals surface area contributed by atoms with Crippen LogP contribution in [0.3, 0.4) is 0 Å². The maximum absolute atomic E-state index is 11.7. The predicted octanol–water partition coefficient (Wildman–Crippen LogP) is 3.25. The van der Waals surface area contributed by atoms with Crippen molar-refractivity contribution in [3.63, 3.8) is 0 Å². The fraction of sp³-hybridized carbons (Fsp3) is 0.875. The molecular weight excluding hydrogens is 268 g/mol. The fourth-order valence-corrected chi connectivity index (χ4v) is 2.09. The lowest BCUT2D eigenvalue weighted by Gasteiger charge is -2.30. The van der Waals surface area contributed by atoms with Gasteiger partial charge in [-0.25, -0.2) is 4.79 Å². The first-order valence-electron chi connectivity index (χ1n) is 7.80. The van der Waals surface area contributed by atoms with Crippen molar-refractivity contribution in [3.05, 3.63) is 0 Å². The first-order valence-corrected chi connectivity index (χ1v) is 7.80. The second-order valence-corrected chi connectivity index (χ2v) is 7.22. The maximum atomic E-state index is 11.7. The summed E-state index contributed by atoms with van der Waals surface area (Å²) in [5, 5.41) is 14.6. The predicted molar refractivity (Wildman–Crippen MR) is 85.3 cm³/mol. The van der Waals surface area contributed by atoms with Crippen molar-refractivity contribution in [1.82, 2.24) is 10.6 Å². The highest BCUT2D eigenvalue weighted by atomic mass is 16.4. The molecule has 0 rings (SSSR count). The van der Waals surface area contributed by atoms with Gasteiger partial charge in [0.25, 0.3) is 0 Å². The highest BCUT2D eigenvalue weighted by molar-refractivity contribution is 5.74. The largest absolute Gasteiger partial charge is 0.481 e. The van der Waals surface area contributed by atoms with Gasteiger partial charge in [-0.3, -0.25) is 4.79 Å². The van der Waals surface area contributed by atoms with Gasteiger partial charge in [0.2, 0.25) is 0 Å². The van der Waals surface area contributed by atoms with Crippen molar-refractivity contribution in [2.75, 3.05) is 6.54 Å². The monoisotopic (exact) mass is 300 g/mol. The summed E-state index contributed by atoms with van der Waals surface area (Å²) in [6, 6.07) is -0.0162. The van der Waals surface area contributed by atoms with Gasteiger partial charge in [0.1, 0.15) is 0 Å². The van der Waals surface area contributed by atoms with Crippen molar-refractivity contribution < 1.29 is 14.7 Å². The molecule has 0 aliphatic heterocycles. The van der Waals surface area contributed by atoms with E-state index in [4.69, 9.17) is 5.11 Å². The molecule has 124 valence electrons. The van der Waals surface area contributed by atoms with Crippen LogP contribution in [0.2, 0.25) is 0 Å². The Morgan fingerprint density at radius 1 is 1.10 bits per heavy atom. The van der Waals surface area contributed by atoms with Crippen LogP contribution in [0.15, 0.2) is 0 Å². The van der Waals surface area contributed by atoms with E-state index in [9.17, 15) is 9.59 Å². The van der Waals surface area contributed by atoms with E-state index >= 15 is 0 Å². The second-order valence-electron chi connectivity index (χ2n) is 7.22. The van der Waals surface area contributed by atoms with E-state index in [2.05, 4.69) is 45.3 Å². The van der Waals surface area contributed by atoms with Crippen LogP contribution in [-0.4, -0.2) is 29.7 Å². The van der Waals surface area contributed by atoms with Gasteiger partial charge in [0.05, 0.1) is 0 Å². The molecule has 0 aliphatic carbocycles. The highest BCUT2D eigenvalue weighted by Gasteiger charge is 2.25. The third-order valence-electron chi connectivity index (χ3n) is 4.07. The van der Waals surface area contributed by atoms with E-state index in [0.717, 1.165) is 6.42 Å². The Morgan fingerprint density at radius 3 is 2.10 bits per heavy atom. The number of carbonyl (C=O) groups is 2. The number of carboxylic acid groups (broad SMARTS) is 1. The molecule has 0 saturated heterocycles. The van der Waals surface area contributed by atoms with Crippen molar-refractivity contribution in [2.24, 2.45) is 17.3 Å². The Bertz CT molecular complexity index is 335. The van der Waals surface area contributed by atoms with Gasteiger partial charge < -0.3 is 15.7 Å². The molecule has 2 amide bonds. The van der Waals surface area contributed by atoms with Gasteiger partial charge in [-0.1, -0.05) is 34.6 Å². The van der Waals surface area contributed by atoms with Gasteiger partial charge >= 0.3 is 12.0 Å². The third-order valence-corrected chi connectivity index (χ3v) is 4.07. The van der Waals surface area contributed by atoms with Gasteiger partial charge in [-0.2, -0.15) is 0 Å². The molecule has 0 fully saturated rings. The number of carbonyl (C=O) groups excluding carboxylic acids is 1. The molecule has 0 aromatic carbocycles. The molecule has 0 spiro atoms. The lowest BCUT2D eigenvalue weighted by molar-refractivity contribution is -0.137. The number of urea groups is 1. The molecule has 0 radical (unpaired) electrons. The van der Waals surface area contributed by atoms with E-state index in [1.54, 1.807) is 0 Å². The number of hydrogen-bond acceptors (Lipinski definition) is 2. The van der Waals surface area contributed by atoms with Crippen molar-refractivity contribution in [2.45, 2.75) is 66.8 Å². The van der Waals surface area contributed by atoms with Gasteiger partial charge in [-0.05, 0) is 37.0 Å². The van der Waals surface area contributed by atoms with Crippen LogP contribution in [0.5, 0.6) is 0 Å². The zero-order valence-electron chi connectivity index (χ0n) is 14.3. The summed E-state index contributed by atoms with van der Waals surface area (Å²) in [5.41, 5.74) is 0.0405. The summed E-state index contributed by atoms with van der Waals surface area (Å²) >= 11 is 0. The van der Waals surface area contributed by atoms with E-state index in [-0.39, 0.29) is 29.8 Å². The topological polar surface area (TPSA) is 78.4 Å². The Balaban J connectivity index is 4.19. The van der Waals surface area contributed by atoms with Crippen molar-refractivity contribution >= 4 is 12.0 Å². The minimum absolute atomic E-state index is 0.0405. The molecule has 21 heavy (non-hydrogen) atoms. The minimum Gasteiger partial charge on any atom is -0.481 e. The number of amides is 2. The zero-order chi connectivity index (χ0) is 16.6. The van der Waals surface area contributed by atoms with Crippen LogP contribution in [0.1, 0.15) is 60.8 Å². The van der Waals surface area contributed by atoms with E-state index in [0.29, 0.717) is 18.9 Å². The molecule has 2 atom stereocenters. The Kier molecular flexibility index (Phi) is 8.37. The van der Waals surface area contributed by atoms with E-state index in [1.165, 1.54) is 0 Å². The molecule has 2 unspecified atom stereocenters. The van der Waals surface area contributed by atoms with E-state index < -0.39 is 5.97 Å². The van der Waals surface area contributed by atoms with Crippen molar-refractivity contribution in [1.29, 1.82) is 0 Å². The third kappa shape index (κ3) is 9.32. The Morgan fingerprint density at radius 2 is 1.67 bits per heavy atom. The molecule has 5 nitrogen and oxygen atoms in total. The van der Waals surface area contributed by atoms with Crippen LogP contribution in [-0.2, 0) is 4.79 Å². The lowest BCUT2D eigenvalue weighted by atomic mass is 9.76. The second kappa shape index (κ2) is 8.90. The molecule has 0 heterocycles. The summed E-state index contributed by atoms with van der Waals surface area (Å²) in [4.78, 5) is 22.5. The molecule has 0 aromatic rings. The summed E-state index contributed by atoms with van der Waals surface area (Å²) in [6.45, 7) is 13.0. The maximum Gasteiger partial charge on any atom is 0.315 e. The molecule has 5 heteroatoms. The van der Waals surface area contributed by atoms with Crippen LogP contribution in [0.25, 0.3) is 0 Å². The summed E-state index contributed by atoms with van der Waals surface area (Å²) in [6.07, 6.45) is 1.61. The molecule has 0 aliphatic rings. The average molecular weight is 300 g/mol. The average Bonchev–Trinajstić information content (AvgIpc) is 2.31. The summed E-state index contributed by atoms with van der Waals surface area (Å²) in [7, 11) is 0. The minimum atomic E-state index is -0.763. The number of carboxylic acids is 1. The van der Waals surface area contributed by atoms with Crippen LogP contribution >= 0.6 is 0 Å². The zero-order valence-corrected chi connectivity index (χ0v) is 14.3.